The third-order valence-electron chi connectivity index (χ3n) is 6.12. The Morgan fingerprint density at radius 1 is 1.18 bits per heavy atom. The van der Waals surface area contributed by atoms with Gasteiger partial charge in [0.15, 0.2) is 11.6 Å². The average molecular weight is 572 g/mol. The fraction of sp³-hybridized carbons (Fsp3) is 0.391. The minimum atomic E-state index is -4.36. The van der Waals surface area contributed by atoms with E-state index in [9.17, 15) is 30.8 Å². The molecule has 15 heteroatoms. The van der Waals surface area contributed by atoms with Crippen molar-refractivity contribution < 1.29 is 45.4 Å². The van der Waals surface area contributed by atoms with E-state index >= 15 is 0 Å². The number of nitrogens with one attached hydrogen (secondary N) is 2. The predicted molar refractivity (Wildman–Crippen MR) is 134 cm³/mol. The predicted octanol–water partition coefficient (Wildman–Crippen LogP) is 2.52. The van der Waals surface area contributed by atoms with Crippen LogP contribution in [0.5, 0.6) is 11.5 Å². The van der Waals surface area contributed by atoms with E-state index in [1.807, 2.05) is 0 Å². The van der Waals surface area contributed by atoms with Gasteiger partial charge in [-0.15, -0.1) is 0 Å². The van der Waals surface area contributed by atoms with Gasteiger partial charge in [-0.3, -0.25) is 19.1 Å². The molecule has 2 aromatic rings. The third kappa shape index (κ3) is 5.78. The summed E-state index contributed by atoms with van der Waals surface area (Å²) in [4.78, 5) is 23.4. The molecule has 1 saturated carbocycles. The monoisotopic (exact) mass is 571 g/mol. The van der Waals surface area contributed by atoms with Crippen LogP contribution < -0.4 is 23.8 Å². The van der Waals surface area contributed by atoms with E-state index in [0.29, 0.717) is 12.8 Å². The quantitative estimate of drug-likeness (QED) is 0.409. The standard InChI is InChI=1S/C23H26FN3O9S2/c1-13(22(28)26-37(31,32)16-4-5-16)9-15-12-27(19-10-14(25-23(29)30)3-8-20(19)36-15)38(33,34)17-6-7-18(24)21(11-17)35-2/h3,6-8,10-11,13,15-16,25H,4-5,9,12H2,1-2H3,(H,26,28)(H,29,30)/t13-,15+/m1/s1. The Morgan fingerprint density at radius 3 is 2.53 bits per heavy atom. The van der Waals surface area contributed by atoms with Crippen LogP contribution in [0, 0.1) is 11.7 Å². The number of sulfonamides is 2. The van der Waals surface area contributed by atoms with Crippen LogP contribution >= 0.6 is 0 Å². The molecule has 2 aliphatic rings. The molecule has 0 bridgehead atoms. The summed E-state index contributed by atoms with van der Waals surface area (Å²) in [6.45, 7) is 1.21. The van der Waals surface area contributed by atoms with Gasteiger partial charge in [0, 0.05) is 17.7 Å². The summed E-state index contributed by atoms with van der Waals surface area (Å²) in [6, 6.07) is 7.06. The van der Waals surface area contributed by atoms with Crippen LogP contribution in [0.15, 0.2) is 41.3 Å². The molecule has 4 rings (SSSR count). The number of methoxy groups -OCH3 is 1. The molecular weight excluding hydrogens is 545 g/mol. The highest BCUT2D eigenvalue weighted by molar-refractivity contribution is 7.92. The smallest absolute Gasteiger partial charge is 0.409 e. The summed E-state index contributed by atoms with van der Waals surface area (Å²) in [5.74, 6) is -2.54. The van der Waals surface area contributed by atoms with Crippen LogP contribution in [-0.2, 0) is 24.8 Å². The molecule has 0 unspecified atom stereocenters. The minimum absolute atomic E-state index is 0.0178. The van der Waals surface area contributed by atoms with Gasteiger partial charge in [-0.25, -0.2) is 26.0 Å². The fourth-order valence-corrected chi connectivity index (χ4v) is 6.91. The number of fused-ring (bicyclic) bond motifs is 1. The lowest BCUT2D eigenvalue weighted by molar-refractivity contribution is -0.123. The van der Waals surface area contributed by atoms with Gasteiger partial charge >= 0.3 is 6.09 Å². The van der Waals surface area contributed by atoms with Crippen LogP contribution in [0.4, 0.5) is 20.6 Å². The summed E-state index contributed by atoms with van der Waals surface area (Å²) in [5, 5.41) is 10.6. The first kappa shape index (κ1) is 27.4. The Hall–Kier alpha value is -3.59. The molecule has 0 saturated heterocycles. The molecule has 12 nitrogen and oxygen atoms in total. The maximum atomic E-state index is 14.0. The Labute approximate surface area is 218 Å². The number of benzene rings is 2. The van der Waals surface area contributed by atoms with Crippen molar-refractivity contribution in [3.05, 3.63) is 42.2 Å². The highest BCUT2D eigenvalue weighted by Gasteiger charge is 2.39. The van der Waals surface area contributed by atoms with E-state index in [0.717, 1.165) is 22.5 Å². The average Bonchev–Trinajstić information content (AvgIpc) is 3.69. The molecule has 2 aromatic carbocycles. The van der Waals surface area contributed by atoms with Crippen LogP contribution in [0.2, 0.25) is 0 Å². The lowest BCUT2D eigenvalue weighted by Gasteiger charge is -2.36. The Morgan fingerprint density at radius 2 is 1.89 bits per heavy atom. The van der Waals surface area contributed by atoms with Crippen molar-refractivity contribution in [2.45, 2.75) is 42.4 Å². The van der Waals surface area contributed by atoms with Crippen LogP contribution in [0.3, 0.4) is 0 Å². The van der Waals surface area contributed by atoms with Gasteiger partial charge < -0.3 is 14.6 Å². The molecule has 1 fully saturated rings. The van der Waals surface area contributed by atoms with Gasteiger partial charge in [0.2, 0.25) is 15.9 Å². The second-order valence-electron chi connectivity index (χ2n) is 9.03. The van der Waals surface area contributed by atoms with E-state index < -0.39 is 55.1 Å². The first-order valence-corrected chi connectivity index (χ1v) is 14.5. The number of anilines is 2. The van der Waals surface area contributed by atoms with Gasteiger partial charge in [0.25, 0.3) is 10.0 Å². The molecule has 0 radical (unpaired) electrons. The highest BCUT2D eigenvalue weighted by Crippen LogP contribution is 2.40. The number of hydrogen-bond acceptors (Lipinski definition) is 8. The fourth-order valence-electron chi connectivity index (χ4n) is 4.00. The van der Waals surface area contributed by atoms with E-state index in [4.69, 9.17) is 14.6 Å². The zero-order valence-corrected chi connectivity index (χ0v) is 22.0. The van der Waals surface area contributed by atoms with E-state index in [-0.39, 0.29) is 40.7 Å². The SMILES string of the molecule is COc1cc(S(=O)(=O)N2C[C@H](C[C@@H](C)C(=O)NS(=O)(=O)C3CC3)Oc3ccc(NC(=O)O)cc32)ccc1F. The Kier molecular flexibility index (Phi) is 7.43. The van der Waals surface area contributed by atoms with Crippen molar-refractivity contribution >= 4 is 43.4 Å². The Balaban J connectivity index is 1.65. The molecule has 0 aromatic heterocycles. The molecule has 206 valence electrons. The number of carbonyl (C=O) groups is 2. The third-order valence-corrected chi connectivity index (χ3v) is 9.73. The molecule has 1 heterocycles. The topological polar surface area (TPSA) is 168 Å². The maximum absolute atomic E-state index is 14.0. The summed E-state index contributed by atoms with van der Waals surface area (Å²) in [6.07, 6.45) is -1.29. The van der Waals surface area contributed by atoms with Crippen molar-refractivity contribution in [3.63, 3.8) is 0 Å². The highest BCUT2D eigenvalue weighted by atomic mass is 32.2. The zero-order chi connectivity index (χ0) is 27.8. The van der Waals surface area contributed by atoms with E-state index in [2.05, 4.69) is 10.0 Å². The summed E-state index contributed by atoms with van der Waals surface area (Å²) >= 11 is 0. The molecular formula is C23H26FN3O9S2. The zero-order valence-electron chi connectivity index (χ0n) is 20.4. The summed E-state index contributed by atoms with van der Waals surface area (Å²) < 4.78 is 79.6. The Bertz CT molecular complexity index is 1480. The number of hydrogen-bond donors (Lipinski definition) is 3. The number of halogens is 1. The van der Waals surface area contributed by atoms with Crippen LogP contribution in [0.25, 0.3) is 0 Å². The largest absolute Gasteiger partial charge is 0.494 e. The van der Waals surface area contributed by atoms with Gasteiger partial charge in [-0.05, 0) is 49.6 Å². The molecule has 1 aliphatic carbocycles. The lowest BCUT2D eigenvalue weighted by atomic mass is 10.0. The molecule has 1 aliphatic heterocycles. The van der Waals surface area contributed by atoms with Crippen LogP contribution in [-0.4, -0.2) is 59.0 Å². The van der Waals surface area contributed by atoms with Crippen LogP contribution in [0.1, 0.15) is 26.2 Å². The number of rotatable bonds is 9. The summed E-state index contributed by atoms with van der Waals surface area (Å²) in [5.41, 5.74) is 0.0948. The molecule has 0 spiro atoms. The van der Waals surface area contributed by atoms with E-state index in [1.165, 1.54) is 32.2 Å². The summed E-state index contributed by atoms with van der Waals surface area (Å²) in [7, 11) is -6.93. The number of carboxylic acid groups (broad SMARTS) is 1. The minimum Gasteiger partial charge on any atom is -0.494 e. The van der Waals surface area contributed by atoms with Crippen molar-refractivity contribution in [1.29, 1.82) is 0 Å². The van der Waals surface area contributed by atoms with Crippen molar-refractivity contribution in [2.24, 2.45) is 5.92 Å². The second-order valence-corrected chi connectivity index (χ2v) is 12.9. The second kappa shape index (κ2) is 10.3. The first-order chi connectivity index (χ1) is 17.8. The van der Waals surface area contributed by atoms with Gasteiger partial charge in [0.05, 0.1) is 29.5 Å². The van der Waals surface area contributed by atoms with Crippen molar-refractivity contribution in [3.8, 4) is 11.5 Å². The molecule has 38 heavy (non-hydrogen) atoms. The number of carbonyl (C=O) groups excluding carboxylic acids is 1. The molecule has 2 atom stereocenters. The van der Waals surface area contributed by atoms with Gasteiger partial charge in [-0.1, -0.05) is 6.92 Å². The molecule has 2 amide bonds. The first-order valence-electron chi connectivity index (χ1n) is 11.5. The number of ether oxygens (including phenoxy) is 2. The van der Waals surface area contributed by atoms with Gasteiger partial charge in [-0.2, -0.15) is 0 Å². The molecule has 3 N–H and O–H groups in total. The van der Waals surface area contributed by atoms with E-state index in [1.54, 1.807) is 0 Å². The van der Waals surface area contributed by atoms with Crippen molar-refractivity contribution in [2.75, 3.05) is 23.3 Å². The van der Waals surface area contributed by atoms with Crippen molar-refractivity contribution in [1.82, 2.24) is 4.72 Å². The van der Waals surface area contributed by atoms with Gasteiger partial charge in [0.1, 0.15) is 11.9 Å². The lowest BCUT2D eigenvalue weighted by Crippen LogP contribution is -2.45. The number of amides is 2. The maximum Gasteiger partial charge on any atom is 0.409 e. The number of nitrogens with zero attached hydrogens (tertiary/aromatic N) is 1. The normalized spacial score (nSPS) is 18.1.